The number of methoxy groups -OCH3 is 1. The smallest absolute Gasteiger partial charge is 0.340 e. The Morgan fingerprint density at radius 3 is 2.43 bits per heavy atom. The van der Waals surface area contributed by atoms with E-state index in [1.54, 1.807) is 12.1 Å². The summed E-state index contributed by atoms with van der Waals surface area (Å²) in [5.41, 5.74) is 9.79. The Hall–Kier alpha value is -2.20. The normalized spacial score (nSPS) is 13.1. The van der Waals surface area contributed by atoms with Crippen molar-refractivity contribution in [1.82, 2.24) is 0 Å². The Bertz CT molecular complexity index is 690. The van der Waals surface area contributed by atoms with Crippen molar-refractivity contribution in [3.05, 3.63) is 58.1 Å². The van der Waals surface area contributed by atoms with E-state index in [-0.39, 0.29) is 0 Å². The van der Waals surface area contributed by atoms with Crippen LogP contribution in [0.4, 0.5) is 11.4 Å². The molecule has 108 valence electrons. The predicted molar refractivity (Wildman–Crippen MR) is 83.5 cm³/mol. The fraction of sp³-hybridized carbons (Fsp3) is 0.188. The average molecular weight is 303 g/mol. The van der Waals surface area contributed by atoms with Crippen LogP contribution in [0.2, 0.25) is 5.02 Å². The molecule has 2 aromatic carbocycles. The van der Waals surface area contributed by atoms with E-state index in [0.29, 0.717) is 35.1 Å². The standard InChI is InChI=1S/C16H15ClN2O2/c1-21-16(20)13-6-12(18)7-14(17)15(13)19-8-10-4-2-3-5-11(10)9-19/h2-7H,8-9,18H2,1H3. The van der Waals surface area contributed by atoms with Gasteiger partial charge < -0.3 is 15.4 Å². The van der Waals surface area contributed by atoms with Crippen molar-refractivity contribution in [1.29, 1.82) is 0 Å². The zero-order valence-corrected chi connectivity index (χ0v) is 12.4. The van der Waals surface area contributed by atoms with Crippen LogP contribution in [0.3, 0.4) is 0 Å². The molecule has 4 nitrogen and oxygen atoms in total. The first-order valence-electron chi connectivity index (χ1n) is 6.59. The Morgan fingerprint density at radius 2 is 1.86 bits per heavy atom. The van der Waals surface area contributed by atoms with Gasteiger partial charge in [-0.05, 0) is 23.3 Å². The quantitative estimate of drug-likeness (QED) is 0.683. The van der Waals surface area contributed by atoms with Crippen LogP contribution in [0.5, 0.6) is 0 Å². The van der Waals surface area contributed by atoms with Gasteiger partial charge in [0.1, 0.15) is 0 Å². The molecule has 0 saturated carbocycles. The number of hydrogen-bond donors (Lipinski definition) is 1. The van der Waals surface area contributed by atoms with Crippen LogP contribution >= 0.6 is 11.6 Å². The fourth-order valence-corrected chi connectivity index (χ4v) is 3.05. The van der Waals surface area contributed by atoms with Gasteiger partial charge in [0.2, 0.25) is 0 Å². The van der Waals surface area contributed by atoms with Crippen molar-refractivity contribution in [3.8, 4) is 0 Å². The number of anilines is 2. The van der Waals surface area contributed by atoms with Crippen LogP contribution in [0.25, 0.3) is 0 Å². The summed E-state index contributed by atoms with van der Waals surface area (Å²) in [6.45, 7) is 1.42. The van der Waals surface area contributed by atoms with Gasteiger partial charge in [-0.3, -0.25) is 0 Å². The largest absolute Gasteiger partial charge is 0.465 e. The summed E-state index contributed by atoms with van der Waals surface area (Å²) in [7, 11) is 1.35. The van der Waals surface area contributed by atoms with E-state index in [4.69, 9.17) is 22.1 Å². The highest BCUT2D eigenvalue weighted by atomic mass is 35.5. The molecule has 1 heterocycles. The van der Waals surface area contributed by atoms with Gasteiger partial charge in [0, 0.05) is 18.8 Å². The van der Waals surface area contributed by atoms with E-state index in [2.05, 4.69) is 17.0 Å². The van der Waals surface area contributed by atoms with Gasteiger partial charge in [-0.15, -0.1) is 0 Å². The Labute approximate surface area is 128 Å². The van der Waals surface area contributed by atoms with Gasteiger partial charge in [0.05, 0.1) is 23.4 Å². The van der Waals surface area contributed by atoms with Gasteiger partial charge in [0.15, 0.2) is 0 Å². The second-order valence-electron chi connectivity index (χ2n) is 5.02. The molecule has 0 aromatic heterocycles. The van der Waals surface area contributed by atoms with E-state index >= 15 is 0 Å². The number of hydrogen-bond acceptors (Lipinski definition) is 4. The number of nitrogen functional groups attached to an aromatic ring is 1. The molecule has 0 spiro atoms. The van der Waals surface area contributed by atoms with Gasteiger partial charge in [-0.1, -0.05) is 35.9 Å². The average Bonchev–Trinajstić information content (AvgIpc) is 2.88. The summed E-state index contributed by atoms with van der Waals surface area (Å²) in [5, 5.41) is 0.461. The number of fused-ring (bicyclic) bond motifs is 1. The molecule has 5 heteroatoms. The van der Waals surface area contributed by atoms with Gasteiger partial charge in [-0.2, -0.15) is 0 Å². The number of rotatable bonds is 2. The number of nitrogens with zero attached hydrogens (tertiary/aromatic N) is 1. The molecule has 1 aliphatic heterocycles. The van der Waals surface area contributed by atoms with Crippen molar-refractivity contribution >= 4 is 28.9 Å². The maximum atomic E-state index is 12.0. The Kier molecular flexibility index (Phi) is 3.47. The van der Waals surface area contributed by atoms with E-state index in [9.17, 15) is 4.79 Å². The Balaban J connectivity index is 2.06. The third-order valence-electron chi connectivity index (χ3n) is 3.65. The maximum Gasteiger partial charge on any atom is 0.340 e. The lowest BCUT2D eigenvalue weighted by atomic mass is 10.1. The highest BCUT2D eigenvalue weighted by Crippen LogP contribution is 2.37. The molecule has 2 aromatic rings. The zero-order chi connectivity index (χ0) is 15.0. The molecule has 1 aliphatic rings. The summed E-state index contributed by atoms with van der Waals surface area (Å²) in [4.78, 5) is 14.1. The van der Waals surface area contributed by atoms with E-state index in [0.717, 1.165) is 0 Å². The minimum Gasteiger partial charge on any atom is -0.465 e. The highest BCUT2D eigenvalue weighted by Gasteiger charge is 2.26. The summed E-state index contributed by atoms with van der Waals surface area (Å²) in [6, 6.07) is 11.4. The van der Waals surface area contributed by atoms with E-state index in [1.807, 2.05) is 12.1 Å². The molecule has 0 saturated heterocycles. The van der Waals surface area contributed by atoms with Crippen molar-refractivity contribution in [2.75, 3.05) is 17.7 Å². The lowest BCUT2D eigenvalue weighted by Crippen LogP contribution is -2.19. The molecule has 0 radical (unpaired) electrons. The third kappa shape index (κ3) is 2.43. The minimum atomic E-state index is -0.435. The van der Waals surface area contributed by atoms with Crippen LogP contribution in [0.15, 0.2) is 36.4 Å². The molecular weight excluding hydrogens is 288 g/mol. The maximum absolute atomic E-state index is 12.0. The number of ether oxygens (including phenoxy) is 1. The fourth-order valence-electron chi connectivity index (χ4n) is 2.70. The molecule has 0 amide bonds. The van der Waals surface area contributed by atoms with Crippen LogP contribution in [-0.4, -0.2) is 13.1 Å². The third-order valence-corrected chi connectivity index (χ3v) is 3.94. The predicted octanol–water partition coefficient (Wildman–Crippen LogP) is 3.23. The van der Waals surface area contributed by atoms with Crippen molar-refractivity contribution in [3.63, 3.8) is 0 Å². The SMILES string of the molecule is COC(=O)c1cc(N)cc(Cl)c1N1Cc2ccccc2C1. The van der Waals surface area contributed by atoms with Crippen LogP contribution in [0.1, 0.15) is 21.5 Å². The number of benzene rings is 2. The van der Waals surface area contributed by atoms with Crippen LogP contribution in [0, 0.1) is 0 Å². The molecule has 21 heavy (non-hydrogen) atoms. The van der Waals surface area contributed by atoms with Gasteiger partial charge in [-0.25, -0.2) is 4.79 Å². The van der Waals surface area contributed by atoms with E-state index < -0.39 is 5.97 Å². The summed E-state index contributed by atoms with van der Waals surface area (Å²) >= 11 is 6.33. The molecule has 0 unspecified atom stereocenters. The second kappa shape index (κ2) is 5.30. The second-order valence-corrected chi connectivity index (χ2v) is 5.42. The minimum absolute atomic E-state index is 0.398. The highest BCUT2D eigenvalue weighted by molar-refractivity contribution is 6.34. The van der Waals surface area contributed by atoms with Crippen molar-refractivity contribution in [2.24, 2.45) is 0 Å². The monoisotopic (exact) mass is 302 g/mol. The lowest BCUT2D eigenvalue weighted by Gasteiger charge is -2.22. The van der Waals surface area contributed by atoms with Gasteiger partial charge >= 0.3 is 5.97 Å². The van der Waals surface area contributed by atoms with Gasteiger partial charge in [0.25, 0.3) is 0 Å². The molecule has 0 atom stereocenters. The molecule has 0 aliphatic carbocycles. The van der Waals surface area contributed by atoms with Crippen molar-refractivity contribution < 1.29 is 9.53 Å². The lowest BCUT2D eigenvalue weighted by molar-refractivity contribution is 0.0601. The Morgan fingerprint density at radius 1 is 1.24 bits per heavy atom. The molecule has 0 bridgehead atoms. The van der Waals surface area contributed by atoms with Crippen LogP contribution < -0.4 is 10.6 Å². The molecular formula is C16H15ClN2O2. The van der Waals surface area contributed by atoms with Crippen molar-refractivity contribution in [2.45, 2.75) is 13.1 Å². The van der Waals surface area contributed by atoms with Crippen LogP contribution in [-0.2, 0) is 17.8 Å². The number of halogens is 1. The number of nitrogens with two attached hydrogens (primary N) is 1. The summed E-state index contributed by atoms with van der Waals surface area (Å²) < 4.78 is 4.84. The zero-order valence-electron chi connectivity index (χ0n) is 11.6. The molecule has 0 fully saturated rings. The topological polar surface area (TPSA) is 55.6 Å². The van der Waals surface area contributed by atoms with E-state index in [1.165, 1.54) is 18.2 Å². The first-order valence-corrected chi connectivity index (χ1v) is 6.97. The number of carbonyl (C=O) groups is 1. The first-order chi connectivity index (χ1) is 10.1. The summed E-state index contributed by atoms with van der Waals surface area (Å²) in [6.07, 6.45) is 0. The molecule has 2 N–H and O–H groups in total. The first kappa shape index (κ1) is 13.8. The number of esters is 1. The summed E-state index contributed by atoms with van der Waals surface area (Å²) in [5.74, 6) is -0.435. The molecule has 3 rings (SSSR count). The number of carbonyl (C=O) groups excluding carboxylic acids is 1.